The van der Waals surface area contributed by atoms with Gasteiger partial charge in [0.2, 0.25) is 0 Å². The SMILES string of the molecule is CC(C)CNCc1cccc(-c2cccc(CNC3CCN(Cc4ccccc4)CC3)c2)c1.O=C(O)C(F)(F)F. The van der Waals surface area contributed by atoms with Crippen LogP contribution in [0, 0.1) is 5.92 Å². The lowest BCUT2D eigenvalue weighted by Crippen LogP contribution is -2.41. The van der Waals surface area contributed by atoms with Crippen LogP contribution in [0.5, 0.6) is 0 Å². The molecule has 1 fully saturated rings. The molecule has 216 valence electrons. The van der Waals surface area contributed by atoms with Gasteiger partial charge in [0.15, 0.2) is 0 Å². The number of nitrogens with zero attached hydrogens (tertiary/aromatic N) is 1. The van der Waals surface area contributed by atoms with Gasteiger partial charge in [-0.1, -0.05) is 80.6 Å². The normalized spacial score (nSPS) is 14.6. The standard InChI is InChI=1S/C30H39N3.C2HF3O2/c1-24(2)20-31-21-26-10-6-12-28(18-26)29-13-7-11-27(19-29)22-32-30-14-16-33(17-15-30)23-25-8-4-3-5-9-25;3-2(4,5)1(6)7/h3-13,18-19,24,30-32H,14-17,20-23H2,1-2H3;(H,6,7). The minimum atomic E-state index is -5.08. The third-order valence-corrected chi connectivity index (χ3v) is 6.74. The fourth-order valence-corrected chi connectivity index (χ4v) is 4.63. The first-order chi connectivity index (χ1) is 19.1. The summed E-state index contributed by atoms with van der Waals surface area (Å²) < 4.78 is 31.7. The molecule has 8 heteroatoms. The van der Waals surface area contributed by atoms with Crippen LogP contribution in [0.2, 0.25) is 0 Å². The van der Waals surface area contributed by atoms with E-state index in [9.17, 15) is 13.2 Å². The molecule has 0 aromatic heterocycles. The number of alkyl halides is 3. The van der Waals surface area contributed by atoms with Gasteiger partial charge in [0.1, 0.15) is 0 Å². The number of hydrogen-bond donors (Lipinski definition) is 3. The molecule has 5 nitrogen and oxygen atoms in total. The predicted octanol–water partition coefficient (Wildman–Crippen LogP) is 6.49. The van der Waals surface area contributed by atoms with E-state index in [2.05, 4.69) is 108 Å². The fourth-order valence-electron chi connectivity index (χ4n) is 4.63. The molecule has 40 heavy (non-hydrogen) atoms. The molecule has 0 unspecified atom stereocenters. The molecular weight excluding hydrogens is 515 g/mol. The number of carboxylic acids is 1. The first-order valence-electron chi connectivity index (χ1n) is 13.8. The van der Waals surface area contributed by atoms with Gasteiger partial charge in [-0.3, -0.25) is 4.90 Å². The smallest absolute Gasteiger partial charge is 0.475 e. The van der Waals surface area contributed by atoms with Crippen molar-refractivity contribution >= 4 is 5.97 Å². The van der Waals surface area contributed by atoms with Crippen LogP contribution in [0.1, 0.15) is 43.4 Å². The van der Waals surface area contributed by atoms with Gasteiger partial charge in [-0.25, -0.2) is 4.79 Å². The highest BCUT2D eigenvalue weighted by Crippen LogP contribution is 2.22. The van der Waals surface area contributed by atoms with Crippen molar-refractivity contribution in [2.45, 2.75) is 58.5 Å². The zero-order chi connectivity index (χ0) is 29.0. The number of halogens is 3. The summed E-state index contributed by atoms with van der Waals surface area (Å²) >= 11 is 0. The second-order valence-electron chi connectivity index (χ2n) is 10.6. The van der Waals surface area contributed by atoms with Crippen LogP contribution < -0.4 is 10.6 Å². The number of carbonyl (C=O) groups is 1. The second kappa shape index (κ2) is 15.6. The lowest BCUT2D eigenvalue weighted by atomic mass is 10.00. The number of carboxylic acid groups (broad SMARTS) is 1. The van der Waals surface area contributed by atoms with Gasteiger partial charge in [-0.15, -0.1) is 0 Å². The molecule has 0 saturated carbocycles. The molecule has 1 heterocycles. The third kappa shape index (κ3) is 11.1. The molecule has 1 aliphatic heterocycles. The van der Waals surface area contributed by atoms with Gasteiger partial charge in [0, 0.05) is 25.7 Å². The van der Waals surface area contributed by atoms with Crippen molar-refractivity contribution in [3.8, 4) is 11.1 Å². The lowest BCUT2D eigenvalue weighted by Gasteiger charge is -2.32. The minimum absolute atomic E-state index is 0.607. The predicted molar refractivity (Wildman–Crippen MR) is 154 cm³/mol. The Morgan fingerprint density at radius 2 is 1.40 bits per heavy atom. The Balaban J connectivity index is 0.000000559. The van der Waals surface area contributed by atoms with Crippen LogP contribution in [-0.2, 0) is 24.4 Å². The number of nitrogens with one attached hydrogen (secondary N) is 2. The summed E-state index contributed by atoms with van der Waals surface area (Å²) in [4.78, 5) is 11.5. The largest absolute Gasteiger partial charge is 0.490 e. The van der Waals surface area contributed by atoms with E-state index in [0.29, 0.717) is 12.0 Å². The van der Waals surface area contributed by atoms with Gasteiger partial charge in [-0.2, -0.15) is 13.2 Å². The molecule has 1 saturated heterocycles. The topological polar surface area (TPSA) is 64.6 Å². The monoisotopic (exact) mass is 555 g/mol. The molecular formula is C32H40F3N3O2. The van der Waals surface area contributed by atoms with Crippen LogP contribution in [0.25, 0.3) is 11.1 Å². The van der Waals surface area contributed by atoms with Crippen molar-refractivity contribution in [1.29, 1.82) is 0 Å². The molecule has 0 spiro atoms. The second-order valence-corrected chi connectivity index (χ2v) is 10.6. The van der Waals surface area contributed by atoms with Crippen molar-refractivity contribution in [3.63, 3.8) is 0 Å². The van der Waals surface area contributed by atoms with Crippen LogP contribution in [0.15, 0.2) is 78.9 Å². The van der Waals surface area contributed by atoms with Gasteiger partial charge >= 0.3 is 12.1 Å². The van der Waals surface area contributed by atoms with Gasteiger partial charge < -0.3 is 15.7 Å². The molecule has 0 amide bonds. The maximum Gasteiger partial charge on any atom is 0.490 e. The summed E-state index contributed by atoms with van der Waals surface area (Å²) in [6.07, 6.45) is -2.64. The molecule has 0 aliphatic carbocycles. The van der Waals surface area contributed by atoms with E-state index in [-0.39, 0.29) is 0 Å². The van der Waals surface area contributed by atoms with E-state index in [1.807, 2.05) is 0 Å². The number of benzene rings is 3. The summed E-state index contributed by atoms with van der Waals surface area (Å²) in [5.41, 5.74) is 6.73. The average Bonchev–Trinajstić information content (AvgIpc) is 2.93. The van der Waals surface area contributed by atoms with E-state index in [0.717, 1.165) is 26.2 Å². The Bertz CT molecular complexity index is 1180. The zero-order valence-electron chi connectivity index (χ0n) is 23.3. The fraction of sp³-hybridized carbons (Fsp3) is 0.406. The summed E-state index contributed by atoms with van der Waals surface area (Å²) in [5, 5.41) is 14.5. The lowest BCUT2D eigenvalue weighted by molar-refractivity contribution is -0.192. The van der Waals surface area contributed by atoms with Crippen molar-refractivity contribution in [2.24, 2.45) is 5.92 Å². The first-order valence-corrected chi connectivity index (χ1v) is 13.8. The van der Waals surface area contributed by atoms with E-state index < -0.39 is 12.1 Å². The zero-order valence-corrected chi connectivity index (χ0v) is 23.3. The van der Waals surface area contributed by atoms with E-state index in [4.69, 9.17) is 9.90 Å². The molecule has 3 N–H and O–H groups in total. The minimum Gasteiger partial charge on any atom is -0.475 e. The highest BCUT2D eigenvalue weighted by Gasteiger charge is 2.38. The quantitative estimate of drug-likeness (QED) is 0.267. The van der Waals surface area contributed by atoms with Crippen molar-refractivity contribution in [3.05, 3.63) is 95.6 Å². The number of aliphatic carboxylic acids is 1. The molecule has 4 rings (SSSR count). The average molecular weight is 556 g/mol. The van der Waals surface area contributed by atoms with Crippen LogP contribution in [0.4, 0.5) is 13.2 Å². The highest BCUT2D eigenvalue weighted by molar-refractivity contribution is 5.73. The van der Waals surface area contributed by atoms with Gasteiger partial charge in [0.05, 0.1) is 0 Å². The summed E-state index contributed by atoms with van der Waals surface area (Å²) in [6.45, 7) is 10.8. The maximum absolute atomic E-state index is 10.6. The molecule has 3 aromatic carbocycles. The Kier molecular flexibility index (Phi) is 12.2. The molecule has 1 aliphatic rings. The molecule has 0 bridgehead atoms. The Morgan fingerprint density at radius 3 is 1.93 bits per heavy atom. The Morgan fingerprint density at radius 1 is 0.875 bits per heavy atom. The van der Waals surface area contributed by atoms with E-state index >= 15 is 0 Å². The Labute approximate surface area is 235 Å². The summed E-state index contributed by atoms with van der Waals surface area (Å²) in [6, 6.07) is 29.4. The van der Waals surface area contributed by atoms with Gasteiger partial charge in [-0.05, 0) is 78.3 Å². The molecule has 0 atom stereocenters. The van der Waals surface area contributed by atoms with Crippen molar-refractivity contribution in [2.75, 3.05) is 19.6 Å². The van der Waals surface area contributed by atoms with Crippen LogP contribution in [0.3, 0.4) is 0 Å². The third-order valence-electron chi connectivity index (χ3n) is 6.74. The van der Waals surface area contributed by atoms with Gasteiger partial charge in [0.25, 0.3) is 0 Å². The van der Waals surface area contributed by atoms with Crippen molar-refractivity contribution in [1.82, 2.24) is 15.5 Å². The first kappa shape index (κ1) is 31.3. The molecule has 3 aromatic rings. The van der Waals surface area contributed by atoms with Crippen LogP contribution in [-0.4, -0.2) is 47.8 Å². The highest BCUT2D eigenvalue weighted by atomic mass is 19.4. The van der Waals surface area contributed by atoms with E-state index in [1.165, 1.54) is 53.7 Å². The summed E-state index contributed by atoms with van der Waals surface area (Å²) in [7, 11) is 0. The number of rotatable bonds is 10. The Hall–Kier alpha value is -3.20. The number of piperidine rings is 1. The van der Waals surface area contributed by atoms with Crippen molar-refractivity contribution < 1.29 is 23.1 Å². The molecule has 0 radical (unpaired) electrons. The number of hydrogen-bond acceptors (Lipinski definition) is 4. The van der Waals surface area contributed by atoms with E-state index in [1.54, 1.807) is 0 Å². The van der Waals surface area contributed by atoms with Crippen LogP contribution >= 0.6 is 0 Å². The number of likely N-dealkylation sites (tertiary alicyclic amines) is 1. The summed E-state index contributed by atoms with van der Waals surface area (Å²) in [5.74, 6) is -2.08. The maximum atomic E-state index is 10.6.